The molecule has 5 atom stereocenters. The van der Waals surface area contributed by atoms with Crippen molar-refractivity contribution in [2.75, 3.05) is 17.9 Å². The fraction of sp³-hybridized carbons (Fsp3) is 0.633. The Labute approximate surface area is 261 Å². The summed E-state index contributed by atoms with van der Waals surface area (Å²) >= 11 is 1.50. The van der Waals surface area contributed by atoms with Gasteiger partial charge in [0.2, 0.25) is 0 Å². The van der Waals surface area contributed by atoms with Crippen molar-refractivity contribution in [3.63, 3.8) is 0 Å². The Morgan fingerprint density at radius 1 is 0.953 bits per heavy atom. The molecule has 4 rings (SSSR count). The van der Waals surface area contributed by atoms with E-state index < -0.39 is 53.5 Å². The van der Waals surface area contributed by atoms with E-state index in [4.69, 9.17) is 28.2 Å². The minimum atomic E-state index is -3.17. The predicted molar refractivity (Wildman–Crippen MR) is 174 cm³/mol. The maximum Gasteiger partial charge on any atom is 0.351 e. The molecule has 2 fully saturated rings. The topological polar surface area (TPSA) is 124 Å². The van der Waals surface area contributed by atoms with Crippen LogP contribution in [0.15, 0.2) is 47.4 Å². The second-order valence-corrected chi connectivity index (χ2v) is 22.2. The number of Topliss-reactive ketones (excluding diaryl/α,β-unsaturated/α-hetero) is 1. The van der Waals surface area contributed by atoms with E-state index in [1.165, 1.54) is 16.3 Å². The molecule has 13 heteroatoms. The van der Waals surface area contributed by atoms with Crippen LogP contribution in [0, 0.1) is 0 Å². The van der Waals surface area contributed by atoms with Gasteiger partial charge in [0.05, 0.1) is 5.94 Å². The van der Waals surface area contributed by atoms with Gasteiger partial charge in [-0.2, -0.15) is 4.98 Å². The van der Waals surface area contributed by atoms with Crippen LogP contribution in [0.1, 0.15) is 72.0 Å². The lowest BCUT2D eigenvalue weighted by Gasteiger charge is -2.53. The van der Waals surface area contributed by atoms with Gasteiger partial charge in [-0.3, -0.25) is 9.36 Å². The number of nitrogen functional groups attached to an aromatic ring is 1. The van der Waals surface area contributed by atoms with Gasteiger partial charge in [-0.1, -0.05) is 85.7 Å². The normalized spacial score (nSPS) is 27.0. The molecule has 0 radical (unpaired) electrons. The minimum Gasteiger partial charge on any atom is -0.414 e. The summed E-state index contributed by atoms with van der Waals surface area (Å²) in [7, 11) is -6.28. The van der Waals surface area contributed by atoms with E-state index in [1.54, 1.807) is 24.4 Å². The summed E-state index contributed by atoms with van der Waals surface area (Å²) in [5.74, 6) is 0.200. The molecular weight excluding hydrogens is 603 g/mol. The molecule has 10 nitrogen and oxygen atoms in total. The largest absolute Gasteiger partial charge is 0.414 e. The zero-order valence-corrected chi connectivity index (χ0v) is 29.5. The highest BCUT2D eigenvalue weighted by molar-refractivity contribution is 7.98. The third-order valence-corrected chi connectivity index (χ3v) is 19.1. The Morgan fingerprint density at radius 2 is 1.53 bits per heavy atom. The molecule has 43 heavy (non-hydrogen) atoms. The highest BCUT2D eigenvalue weighted by Crippen LogP contribution is 2.50. The number of anilines is 1. The average Bonchev–Trinajstić information content (AvgIpc) is 3.28. The van der Waals surface area contributed by atoms with Crippen LogP contribution in [-0.4, -0.2) is 69.1 Å². The number of thioether (sulfide) groups is 1. The highest BCUT2D eigenvalue weighted by atomic mass is 32.2. The number of nitrogens with two attached hydrogens (primary N) is 1. The summed E-state index contributed by atoms with van der Waals surface area (Å²) in [5, 5.41) is 0. The number of carbonyl (C=O) groups is 1. The maximum absolute atomic E-state index is 14.4. The lowest BCUT2D eigenvalue weighted by atomic mass is 9.98. The fourth-order valence-electron chi connectivity index (χ4n) is 6.30. The van der Waals surface area contributed by atoms with Crippen molar-refractivity contribution in [1.29, 1.82) is 0 Å². The number of nitrogens with zero attached hydrogens (tertiary/aromatic N) is 2. The first-order valence-electron chi connectivity index (χ1n) is 15.0. The number of aromatic nitrogens is 2. The Morgan fingerprint density at radius 3 is 2.07 bits per heavy atom. The Balaban J connectivity index is 1.98. The van der Waals surface area contributed by atoms with Gasteiger partial charge in [-0.15, -0.1) is 11.8 Å². The number of benzene rings is 1. The molecule has 3 heterocycles. The monoisotopic (exact) mass is 649 g/mol. The van der Waals surface area contributed by atoms with Crippen LogP contribution in [0.25, 0.3) is 0 Å². The highest BCUT2D eigenvalue weighted by Gasteiger charge is 2.65. The van der Waals surface area contributed by atoms with Crippen LogP contribution in [0.5, 0.6) is 0 Å². The molecule has 0 saturated carbocycles. The molecule has 2 saturated heterocycles. The van der Waals surface area contributed by atoms with Crippen molar-refractivity contribution in [1.82, 2.24) is 9.55 Å². The summed E-state index contributed by atoms with van der Waals surface area (Å²) in [6.07, 6.45) is -0.914. The van der Waals surface area contributed by atoms with E-state index in [1.807, 2.05) is 24.5 Å². The molecule has 238 valence electrons. The molecule has 0 bridgehead atoms. The van der Waals surface area contributed by atoms with Gasteiger partial charge in [-0.05, 0) is 34.5 Å². The van der Waals surface area contributed by atoms with Crippen LogP contribution in [0.4, 0.5) is 5.82 Å². The van der Waals surface area contributed by atoms with Crippen molar-refractivity contribution < 1.29 is 27.2 Å². The van der Waals surface area contributed by atoms with Gasteiger partial charge in [0.1, 0.15) is 30.2 Å². The Bertz CT molecular complexity index is 1290. The molecule has 0 amide bonds. The van der Waals surface area contributed by atoms with Gasteiger partial charge in [0.25, 0.3) is 0 Å². The molecule has 2 aliphatic rings. The lowest BCUT2D eigenvalue weighted by molar-refractivity contribution is -0.0838. The maximum atomic E-state index is 14.4. The van der Waals surface area contributed by atoms with Crippen molar-refractivity contribution in [2.24, 2.45) is 0 Å². The van der Waals surface area contributed by atoms with Crippen LogP contribution in [0.3, 0.4) is 0 Å². The number of hydrogen-bond donors (Lipinski definition) is 1. The Hall–Kier alpha value is -1.85. The second-order valence-electron chi connectivity index (χ2n) is 12.6. The van der Waals surface area contributed by atoms with Crippen LogP contribution in [-0.2, 0) is 22.4 Å². The van der Waals surface area contributed by atoms with E-state index in [0.29, 0.717) is 11.5 Å². The third-order valence-electron chi connectivity index (χ3n) is 8.51. The van der Waals surface area contributed by atoms with Crippen molar-refractivity contribution in [3.8, 4) is 0 Å². The lowest BCUT2D eigenvalue weighted by Crippen LogP contribution is -2.68. The van der Waals surface area contributed by atoms with Crippen molar-refractivity contribution in [3.05, 3.63) is 58.6 Å². The third kappa shape index (κ3) is 6.46. The minimum absolute atomic E-state index is 0.00718. The number of rotatable bonds is 10. The molecule has 0 spiro atoms. The fourth-order valence-corrected chi connectivity index (χ4v) is 17.8. The second kappa shape index (κ2) is 13.6. The van der Waals surface area contributed by atoms with Gasteiger partial charge < -0.3 is 28.2 Å². The van der Waals surface area contributed by atoms with E-state index in [9.17, 15) is 9.59 Å². The molecular formula is C30H47N3O7SSi2. The van der Waals surface area contributed by atoms with Crippen molar-refractivity contribution in [2.45, 2.75) is 108 Å². The van der Waals surface area contributed by atoms with Crippen molar-refractivity contribution >= 4 is 40.5 Å². The zero-order valence-electron chi connectivity index (χ0n) is 26.7. The summed E-state index contributed by atoms with van der Waals surface area (Å²) < 4.78 is 36.5. The summed E-state index contributed by atoms with van der Waals surface area (Å²) in [4.78, 5) is 31.5. The predicted octanol–water partition coefficient (Wildman–Crippen LogP) is 5.64. The van der Waals surface area contributed by atoms with Gasteiger partial charge in [-0.25, -0.2) is 4.79 Å². The first kappa shape index (κ1) is 34.0. The molecule has 2 N–H and O–H groups in total. The van der Waals surface area contributed by atoms with E-state index in [2.05, 4.69) is 60.4 Å². The molecule has 2 aliphatic heterocycles. The SMILES string of the molecule is CSCO[C@@H]1[C@@H]2O[Si](C(C)C)(C(C)C)O[Si](C(C)C)(C(C)C)OC(C(=O)c3ccccc3)[C@H]2O[C@H]1n1ccc(N)nc1=O. The smallest absolute Gasteiger partial charge is 0.351 e. The van der Waals surface area contributed by atoms with E-state index in [-0.39, 0.29) is 33.8 Å². The summed E-state index contributed by atoms with van der Waals surface area (Å²) in [6, 6.07) is 10.6. The number of fused-ring (bicyclic) bond motifs is 1. The number of carbonyl (C=O) groups excluding carboxylic acids is 1. The molecule has 1 aromatic heterocycles. The number of hydrogen-bond acceptors (Lipinski definition) is 10. The molecule has 2 aromatic rings. The number of ketones is 1. The van der Waals surface area contributed by atoms with E-state index >= 15 is 0 Å². The summed E-state index contributed by atoms with van der Waals surface area (Å²) in [5.41, 5.74) is 5.84. The van der Waals surface area contributed by atoms with Gasteiger partial charge in [0, 0.05) is 11.8 Å². The van der Waals surface area contributed by atoms with Crippen LogP contribution < -0.4 is 11.4 Å². The zero-order chi connectivity index (χ0) is 31.7. The molecule has 1 unspecified atom stereocenters. The van der Waals surface area contributed by atoms with E-state index in [0.717, 1.165) is 0 Å². The molecule has 0 aliphatic carbocycles. The average molecular weight is 650 g/mol. The van der Waals surface area contributed by atoms with Crippen LogP contribution >= 0.6 is 11.8 Å². The van der Waals surface area contributed by atoms with Crippen LogP contribution in [0.2, 0.25) is 22.2 Å². The number of ether oxygens (including phenoxy) is 2. The van der Waals surface area contributed by atoms with Gasteiger partial charge in [0.15, 0.2) is 12.0 Å². The van der Waals surface area contributed by atoms with Gasteiger partial charge >= 0.3 is 22.8 Å². The molecule has 1 aromatic carbocycles. The first-order valence-corrected chi connectivity index (χ1v) is 20.4. The summed E-state index contributed by atoms with van der Waals surface area (Å²) in [6.45, 7) is 17.0. The Kier molecular flexibility index (Phi) is 10.8. The standard InChI is InChI=1S/C30H47N3O7SSi2/c1-18(2)42(19(3)4)38-25(24(34)22-13-11-10-12-14-22)26-27(39-43(40-42,20(5)6)21(7)8)28(36-17-41-9)29(37-26)33-16-15-23(31)32-30(33)35/h10-16,18-21,25-29H,17H2,1-9H3,(H2,31,32,35)/t25?,26-,27-,28-,29-/m1/s1. The first-order chi connectivity index (χ1) is 20.3. The quantitative estimate of drug-likeness (QED) is 0.197.